The van der Waals surface area contributed by atoms with Crippen LogP contribution in [0.1, 0.15) is 18.9 Å². The highest BCUT2D eigenvalue weighted by molar-refractivity contribution is 7.09. The van der Waals surface area contributed by atoms with Crippen LogP contribution in [0, 0.1) is 0 Å². The molecule has 2 heterocycles. The van der Waals surface area contributed by atoms with Gasteiger partial charge < -0.3 is 10.2 Å². The summed E-state index contributed by atoms with van der Waals surface area (Å²) in [5.41, 5.74) is -0.244. The molecule has 2 aromatic heterocycles. The molecule has 6 heteroatoms. The second-order valence-corrected chi connectivity index (χ2v) is 5.62. The molecular formula is C12H17N5S. The van der Waals surface area contributed by atoms with E-state index in [9.17, 15) is 0 Å². The first-order chi connectivity index (χ1) is 8.49. The fourth-order valence-electron chi connectivity index (χ4n) is 1.54. The molecule has 0 aliphatic heterocycles. The Morgan fingerprint density at radius 2 is 2.00 bits per heavy atom. The van der Waals surface area contributed by atoms with Gasteiger partial charge in [-0.2, -0.15) is 4.98 Å². The fourth-order valence-corrected chi connectivity index (χ4v) is 2.26. The number of hydrogen-bond acceptors (Lipinski definition) is 6. The van der Waals surface area contributed by atoms with Crippen molar-refractivity contribution in [2.75, 3.05) is 24.3 Å². The zero-order chi connectivity index (χ0) is 13.2. The SMILES string of the molecule is CN(C)c1nccc(NC(C)(C)c2nccs2)n1. The maximum Gasteiger partial charge on any atom is 0.226 e. The Kier molecular flexibility index (Phi) is 3.47. The molecule has 2 aromatic rings. The summed E-state index contributed by atoms with van der Waals surface area (Å²) in [5, 5.41) is 6.40. The highest BCUT2D eigenvalue weighted by Crippen LogP contribution is 2.26. The summed E-state index contributed by atoms with van der Waals surface area (Å²) in [6.07, 6.45) is 3.57. The van der Waals surface area contributed by atoms with Crippen LogP contribution >= 0.6 is 11.3 Å². The zero-order valence-corrected chi connectivity index (χ0v) is 11.8. The van der Waals surface area contributed by atoms with Crippen molar-refractivity contribution in [3.63, 3.8) is 0 Å². The smallest absolute Gasteiger partial charge is 0.226 e. The number of nitrogens with zero attached hydrogens (tertiary/aromatic N) is 4. The average Bonchev–Trinajstić information content (AvgIpc) is 2.82. The van der Waals surface area contributed by atoms with Gasteiger partial charge in [-0.1, -0.05) is 0 Å². The third-order valence-corrected chi connectivity index (χ3v) is 3.55. The van der Waals surface area contributed by atoms with Gasteiger partial charge in [0.2, 0.25) is 5.95 Å². The minimum Gasteiger partial charge on any atom is -0.359 e. The van der Waals surface area contributed by atoms with E-state index in [-0.39, 0.29) is 5.54 Å². The molecule has 0 saturated heterocycles. The Morgan fingerprint density at radius 1 is 1.22 bits per heavy atom. The predicted molar refractivity (Wildman–Crippen MR) is 75.1 cm³/mol. The number of anilines is 2. The minimum absolute atomic E-state index is 0.244. The van der Waals surface area contributed by atoms with Gasteiger partial charge in [-0.15, -0.1) is 11.3 Å². The van der Waals surface area contributed by atoms with E-state index in [1.54, 1.807) is 17.5 Å². The molecule has 0 aliphatic rings. The quantitative estimate of drug-likeness (QED) is 0.917. The molecule has 96 valence electrons. The molecule has 2 rings (SSSR count). The van der Waals surface area contributed by atoms with Crippen molar-refractivity contribution in [3.8, 4) is 0 Å². The average molecular weight is 263 g/mol. The zero-order valence-electron chi connectivity index (χ0n) is 11.0. The van der Waals surface area contributed by atoms with Gasteiger partial charge in [0.1, 0.15) is 10.8 Å². The van der Waals surface area contributed by atoms with E-state index in [1.165, 1.54) is 0 Å². The lowest BCUT2D eigenvalue weighted by Gasteiger charge is -2.24. The van der Waals surface area contributed by atoms with Crippen LogP contribution in [0.4, 0.5) is 11.8 Å². The first-order valence-corrected chi connectivity index (χ1v) is 6.55. The van der Waals surface area contributed by atoms with Gasteiger partial charge in [-0.3, -0.25) is 0 Å². The van der Waals surface area contributed by atoms with Crippen LogP contribution in [0.5, 0.6) is 0 Å². The van der Waals surface area contributed by atoms with Gasteiger partial charge in [-0.05, 0) is 19.9 Å². The van der Waals surface area contributed by atoms with Crippen LogP contribution in [0.2, 0.25) is 0 Å². The first-order valence-electron chi connectivity index (χ1n) is 5.67. The molecule has 5 nitrogen and oxygen atoms in total. The normalized spacial score (nSPS) is 11.3. The lowest BCUT2D eigenvalue weighted by molar-refractivity contribution is 0.600. The Morgan fingerprint density at radius 3 is 2.61 bits per heavy atom. The molecule has 0 fully saturated rings. The van der Waals surface area contributed by atoms with Gasteiger partial charge in [0.25, 0.3) is 0 Å². The first kappa shape index (κ1) is 12.8. The Bertz CT molecular complexity index is 507. The molecule has 0 saturated carbocycles. The number of aromatic nitrogens is 3. The maximum absolute atomic E-state index is 4.45. The monoisotopic (exact) mass is 263 g/mol. The Hall–Kier alpha value is -1.69. The van der Waals surface area contributed by atoms with Gasteiger partial charge in [0, 0.05) is 31.9 Å². The van der Waals surface area contributed by atoms with Crippen molar-refractivity contribution in [2.45, 2.75) is 19.4 Å². The number of rotatable bonds is 4. The standard InChI is InChI=1S/C12H17N5S/c1-12(2,10-13-7-8-18-10)16-9-5-6-14-11(15-9)17(3)4/h5-8H,1-4H3,(H,14,15,16). The summed E-state index contributed by atoms with van der Waals surface area (Å²) < 4.78 is 0. The van der Waals surface area contributed by atoms with Gasteiger partial charge in [0.05, 0.1) is 5.54 Å². The number of nitrogens with one attached hydrogen (secondary N) is 1. The van der Waals surface area contributed by atoms with Crippen LogP contribution in [0.15, 0.2) is 23.8 Å². The Balaban J connectivity index is 2.21. The molecule has 1 N–H and O–H groups in total. The fraction of sp³-hybridized carbons (Fsp3) is 0.417. The molecule has 0 aliphatic carbocycles. The summed E-state index contributed by atoms with van der Waals surface area (Å²) in [6, 6.07) is 1.86. The lowest BCUT2D eigenvalue weighted by Crippen LogP contribution is -2.28. The molecule has 0 atom stereocenters. The third-order valence-electron chi connectivity index (χ3n) is 2.45. The van der Waals surface area contributed by atoms with E-state index in [1.807, 2.05) is 36.6 Å². The van der Waals surface area contributed by atoms with Crippen LogP contribution in [0.25, 0.3) is 0 Å². The minimum atomic E-state index is -0.244. The van der Waals surface area contributed by atoms with Gasteiger partial charge in [0.15, 0.2) is 0 Å². The van der Waals surface area contributed by atoms with Crippen molar-refractivity contribution in [1.82, 2.24) is 15.0 Å². The largest absolute Gasteiger partial charge is 0.359 e. The van der Waals surface area contributed by atoms with E-state index in [0.717, 1.165) is 10.8 Å². The van der Waals surface area contributed by atoms with Crippen LogP contribution in [-0.2, 0) is 5.54 Å². The molecule has 0 unspecified atom stereocenters. The second-order valence-electron chi connectivity index (χ2n) is 4.72. The van der Waals surface area contributed by atoms with Gasteiger partial charge in [-0.25, -0.2) is 9.97 Å². The lowest BCUT2D eigenvalue weighted by atomic mass is 10.1. The molecule has 0 aromatic carbocycles. The molecular weight excluding hydrogens is 246 g/mol. The molecule has 0 amide bonds. The summed E-state index contributed by atoms with van der Waals surface area (Å²) >= 11 is 1.63. The van der Waals surface area contributed by atoms with E-state index < -0.39 is 0 Å². The highest BCUT2D eigenvalue weighted by Gasteiger charge is 2.23. The third kappa shape index (κ3) is 2.76. The van der Waals surface area contributed by atoms with E-state index in [0.29, 0.717) is 5.95 Å². The van der Waals surface area contributed by atoms with Crippen molar-refractivity contribution < 1.29 is 0 Å². The van der Waals surface area contributed by atoms with Crippen molar-refractivity contribution in [3.05, 3.63) is 28.8 Å². The van der Waals surface area contributed by atoms with Crippen molar-refractivity contribution in [1.29, 1.82) is 0 Å². The van der Waals surface area contributed by atoms with Gasteiger partial charge >= 0.3 is 0 Å². The number of hydrogen-bond donors (Lipinski definition) is 1. The summed E-state index contributed by atoms with van der Waals surface area (Å²) in [4.78, 5) is 14.9. The van der Waals surface area contributed by atoms with E-state index >= 15 is 0 Å². The maximum atomic E-state index is 4.45. The molecule has 0 bridgehead atoms. The highest BCUT2D eigenvalue weighted by atomic mass is 32.1. The summed E-state index contributed by atoms with van der Waals surface area (Å²) in [7, 11) is 3.84. The van der Waals surface area contributed by atoms with E-state index in [4.69, 9.17) is 0 Å². The van der Waals surface area contributed by atoms with E-state index in [2.05, 4.69) is 34.1 Å². The van der Waals surface area contributed by atoms with Crippen molar-refractivity contribution in [2.24, 2.45) is 0 Å². The van der Waals surface area contributed by atoms with Crippen LogP contribution in [-0.4, -0.2) is 29.0 Å². The summed E-state index contributed by atoms with van der Waals surface area (Å²) in [5.74, 6) is 1.49. The molecule has 18 heavy (non-hydrogen) atoms. The topological polar surface area (TPSA) is 53.9 Å². The molecule has 0 radical (unpaired) electrons. The second kappa shape index (κ2) is 4.89. The predicted octanol–water partition coefficient (Wildman–Crippen LogP) is 2.35. The number of thiazole rings is 1. The van der Waals surface area contributed by atoms with Crippen LogP contribution in [0.3, 0.4) is 0 Å². The summed E-state index contributed by atoms with van der Waals surface area (Å²) in [6.45, 7) is 4.17. The molecule has 0 spiro atoms. The van der Waals surface area contributed by atoms with Crippen LogP contribution < -0.4 is 10.2 Å². The Labute approximate surface area is 111 Å². The van der Waals surface area contributed by atoms with Crippen molar-refractivity contribution >= 4 is 23.1 Å².